The summed E-state index contributed by atoms with van der Waals surface area (Å²) in [5.74, 6) is 1.71. The largest absolute Gasteiger partial charge is 0.457 e. The van der Waals surface area contributed by atoms with E-state index in [2.05, 4.69) is 32.2 Å². The summed E-state index contributed by atoms with van der Waals surface area (Å²) in [6.07, 6.45) is 0. The minimum atomic E-state index is 0.727. The molecule has 0 amide bonds. The van der Waals surface area contributed by atoms with Crippen LogP contribution in [0.15, 0.2) is 36.4 Å². The van der Waals surface area contributed by atoms with E-state index in [9.17, 15) is 0 Å². The van der Waals surface area contributed by atoms with Gasteiger partial charge in [-0.05, 0) is 61.9 Å². The Kier molecular flexibility index (Phi) is 5.05. The minimum Gasteiger partial charge on any atom is -0.457 e. The fourth-order valence-corrected chi connectivity index (χ4v) is 2.36. The van der Waals surface area contributed by atoms with Crippen LogP contribution >= 0.6 is 11.6 Å². The fourth-order valence-electron chi connectivity index (χ4n) is 2.16. The Morgan fingerprint density at radius 1 is 1.05 bits per heavy atom. The Bertz CT molecular complexity index is 575. The third-order valence-electron chi connectivity index (χ3n) is 3.01. The SMILES string of the molecule is CCNCc1cc(Cl)ccc1Oc1cc(C)cc(C)c1. The van der Waals surface area contributed by atoms with Gasteiger partial charge in [0.15, 0.2) is 0 Å². The number of aryl methyl sites for hydroxylation is 2. The molecule has 3 heteroatoms. The van der Waals surface area contributed by atoms with Crippen molar-refractivity contribution in [1.82, 2.24) is 5.32 Å². The average Bonchev–Trinajstić information content (AvgIpc) is 2.38. The van der Waals surface area contributed by atoms with Crippen LogP contribution in [0.2, 0.25) is 5.02 Å². The van der Waals surface area contributed by atoms with Gasteiger partial charge >= 0.3 is 0 Å². The molecule has 106 valence electrons. The summed E-state index contributed by atoms with van der Waals surface area (Å²) in [6, 6.07) is 11.9. The van der Waals surface area contributed by atoms with E-state index in [1.165, 1.54) is 11.1 Å². The molecule has 0 aliphatic carbocycles. The zero-order valence-corrected chi connectivity index (χ0v) is 12.9. The van der Waals surface area contributed by atoms with Crippen molar-refractivity contribution in [1.29, 1.82) is 0 Å². The summed E-state index contributed by atoms with van der Waals surface area (Å²) >= 11 is 6.07. The molecule has 0 fully saturated rings. The van der Waals surface area contributed by atoms with Crippen molar-refractivity contribution in [2.75, 3.05) is 6.54 Å². The lowest BCUT2D eigenvalue weighted by Gasteiger charge is -2.13. The molecule has 2 aromatic carbocycles. The second-order valence-electron chi connectivity index (χ2n) is 4.96. The second kappa shape index (κ2) is 6.78. The molecule has 0 saturated heterocycles. The first-order valence-electron chi connectivity index (χ1n) is 6.84. The monoisotopic (exact) mass is 289 g/mol. The highest BCUT2D eigenvalue weighted by atomic mass is 35.5. The van der Waals surface area contributed by atoms with Crippen LogP contribution < -0.4 is 10.1 Å². The summed E-state index contributed by atoms with van der Waals surface area (Å²) in [7, 11) is 0. The zero-order valence-electron chi connectivity index (χ0n) is 12.2. The smallest absolute Gasteiger partial charge is 0.132 e. The summed E-state index contributed by atoms with van der Waals surface area (Å²) in [5, 5.41) is 4.03. The molecule has 0 spiro atoms. The summed E-state index contributed by atoms with van der Waals surface area (Å²) < 4.78 is 6.02. The van der Waals surface area contributed by atoms with Crippen molar-refractivity contribution in [3.8, 4) is 11.5 Å². The van der Waals surface area contributed by atoms with Gasteiger partial charge in [-0.1, -0.05) is 24.6 Å². The molecule has 0 atom stereocenters. The van der Waals surface area contributed by atoms with E-state index < -0.39 is 0 Å². The van der Waals surface area contributed by atoms with Gasteiger partial charge in [-0.3, -0.25) is 0 Å². The first-order chi connectivity index (χ1) is 9.58. The quantitative estimate of drug-likeness (QED) is 0.849. The highest BCUT2D eigenvalue weighted by Gasteiger charge is 2.06. The Morgan fingerprint density at radius 2 is 1.75 bits per heavy atom. The second-order valence-corrected chi connectivity index (χ2v) is 5.39. The highest BCUT2D eigenvalue weighted by molar-refractivity contribution is 6.30. The van der Waals surface area contributed by atoms with Gasteiger partial charge in [-0.15, -0.1) is 0 Å². The topological polar surface area (TPSA) is 21.3 Å². The molecule has 0 aliphatic rings. The number of nitrogens with one attached hydrogen (secondary N) is 1. The van der Waals surface area contributed by atoms with Crippen LogP contribution in [0.3, 0.4) is 0 Å². The number of halogens is 1. The van der Waals surface area contributed by atoms with Gasteiger partial charge in [0.05, 0.1) is 0 Å². The normalized spacial score (nSPS) is 10.6. The standard InChI is InChI=1S/C17H20ClNO/c1-4-19-11-14-10-15(18)5-6-17(14)20-16-8-12(2)7-13(3)9-16/h5-10,19H,4,11H2,1-3H3. The van der Waals surface area contributed by atoms with Gasteiger partial charge in [0.25, 0.3) is 0 Å². The van der Waals surface area contributed by atoms with E-state index in [0.29, 0.717) is 0 Å². The van der Waals surface area contributed by atoms with Crippen LogP contribution in [0, 0.1) is 13.8 Å². The van der Waals surface area contributed by atoms with E-state index in [1.54, 1.807) is 0 Å². The number of hydrogen-bond acceptors (Lipinski definition) is 2. The lowest BCUT2D eigenvalue weighted by molar-refractivity contribution is 0.472. The molecule has 2 aromatic rings. The lowest BCUT2D eigenvalue weighted by Crippen LogP contribution is -2.12. The van der Waals surface area contributed by atoms with Crippen molar-refractivity contribution in [2.45, 2.75) is 27.3 Å². The van der Waals surface area contributed by atoms with Gasteiger partial charge in [0.2, 0.25) is 0 Å². The predicted octanol–water partition coefficient (Wildman–Crippen LogP) is 4.86. The average molecular weight is 290 g/mol. The molecular weight excluding hydrogens is 270 g/mol. The first kappa shape index (κ1) is 14.9. The molecule has 0 saturated carbocycles. The maximum atomic E-state index is 6.07. The maximum absolute atomic E-state index is 6.07. The van der Waals surface area contributed by atoms with Gasteiger partial charge in [-0.25, -0.2) is 0 Å². The number of ether oxygens (including phenoxy) is 1. The van der Waals surface area contributed by atoms with E-state index in [4.69, 9.17) is 16.3 Å². The highest BCUT2D eigenvalue weighted by Crippen LogP contribution is 2.29. The number of benzene rings is 2. The summed E-state index contributed by atoms with van der Waals surface area (Å²) in [4.78, 5) is 0. The third kappa shape index (κ3) is 3.99. The number of rotatable bonds is 5. The van der Waals surface area contributed by atoms with Gasteiger partial charge < -0.3 is 10.1 Å². The molecule has 0 radical (unpaired) electrons. The van der Waals surface area contributed by atoms with E-state index in [0.717, 1.165) is 35.2 Å². The van der Waals surface area contributed by atoms with E-state index in [-0.39, 0.29) is 0 Å². The summed E-state index contributed by atoms with van der Waals surface area (Å²) in [5.41, 5.74) is 3.46. The Labute approximate surface area is 125 Å². The van der Waals surface area contributed by atoms with Crippen molar-refractivity contribution in [3.63, 3.8) is 0 Å². The van der Waals surface area contributed by atoms with Crippen LogP contribution in [-0.4, -0.2) is 6.54 Å². The molecule has 0 aliphatic heterocycles. The fraction of sp³-hybridized carbons (Fsp3) is 0.294. The molecule has 0 unspecified atom stereocenters. The molecule has 2 nitrogen and oxygen atoms in total. The minimum absolute atomic E-state index is 0.727. The van der Waals surface area contributed by atoms with E-state index >= 15 is 0 Å². The molecule has 20 heavy (non-hydrogen) atoms. The maximum Gasteiger partial charge on any atom is 0.132 e. The van der Waals surface area contributed by atoms with Crippen LogP contribution in [-0.2, 0) is 6.54 Å². The zero-order chi connectivity index (χ0) is 14.5. The van der Waals surface area contributed by atoms with Crippen molar-refractivity contribution < 1.29 is 4.74 Å². The third-order valence-corrected chi connectivity index (χ3v) is 3.25. The molecule has 0 heterocycles. The summed E-state index contributed by atoms with van der Waals surface area (Å²) in [6.45, 7) is 7.88. The van der Waals surface area contributed by atoms with Crippen molar-refractivity contribution in [2.24, 2.45) is 0 Å². The lowest BCUT2D eigenvalue weighted by atomic mass is 10.1. The Hall–Kier alpha value is -1.51. The Morgan fingerprint density at radius 3 is 2.40 bits per heavy atom. The predicted molar refractivity (Wildman–Crippen MR) is 84.8 cm³/mol. The van der Waals surface area contributed by atoms with Crippen molar-refractivity contribution >= 4 is 11.6 Å². The van der Waals surface area contributed by atoms with E-state index in [1.807, 2.05) is 30.3 Å². The first-order valence-corrected chi connectivity index (χ1v) is 7.21. The Balaban J connectivity index is 2.27. The van der Waals surface area contributed by atoms with Crippen LogP contribution in [0.25, 0.3) is 0 Å². The van der Waals surface area contributed by atoms with Crippen molar-refractivity contribution in [3.05, 3.63) is 58.1 Å². The van der Waals surface area contributed by atoms with Gasteiger partial charge in [0, 0.05) is 17.1 Å². The molecule has 1 N–H and O–H groups in total. The van der Waals surface area contributed by atoms with Crippen LogP contribution in [0.1, 0.15) is 23.6 Å². The molecular formula is C17H20ClNO. The number of hydrogen-bond donors (Lipinski definition) is 1. The molecule has 2 rings (SSSR count). The molecule has 0 bridgehead atoms. The van der Waals surface area contributed by atoms with Gasteiger partial charge in [-0.2, -0.15) is 0 Å². The van der Waals surface area contributed by atoms with Gasteiger partial charge in [0.1, 0.15) is 11.5 Å². The van der Waals surface area contributed by atoms with Crippen LogP contribution in [0.4, 0.5) is 0 Å². The van der Waals surface area contributed by atoms with Crippen LogP contribution in [0.5, 0.6) is 11.5 Å². The molecule has 0 aromatic heterocycles.